The summed E-state index contributed by atoms with van der Waals surface area (Å²) < 4.78 is 4.80. The maximum absolute atomic E-state index is 5.94. The standard InChI is InChI=1S/C22H25BN3S/c1-16-15-18(11-10-17-7-4-5-9-21(17)27-3)26-22(16)19(12-13-24)20-8-6-14-25(20)23(26)2/h4-11,14-15H,12-13,24H2,1-3H3/q+1. The molecule has 5 heteroatoms. The van der Waals surface area contributed by atoms with Gasteiger partial charge in [-0.25, -0.2) is 0 Å². The van der Waals surface area contributed by atoms with Gasteiger partial charge in [-0.1, -0.05) is 24.3 Å². The van der Waals surface area contributed by atoms with Crippen molar-refractivity contribution in [1.82, 2.24) is 4.48 Å². The smallest absolute Gasteiger partial charge is 0.330 e. The largest absolute Gasteiger partial charge is 0.617 e. The van der Waals surface area contributed by atoms with Crippen LogP contribution in [0.25, 0.3) is 17.7 Å². The maximum Gasteiger partial charge on any atom is 0.617 e. The maximum atomic E-state index is 5.94. The van der Waals surface area contributed by atoms with Gasteiger partial charge >= 0.3 is 6.98 Å². The molecule has 1 aromatic heterocycles. The van der Waals surface area contributed by atoms with Crippen LogP contribution in [0.3, 0.4) is 0 Å². The molecule has 4 rings (SSSR count). The van der Waals surface area contributed by atoms with Crippen molar-refractivity contribution in [3.63, 3.8) is 0 Å². The molecule has 0 atom stereocenters. The molecule has 0 unspecified atom stereocenters. The van der Waals surface area contributed by atoms with E-state index in [1.54, 1.807) is 11.8 Å². The summed E-state index contributed by atoms with van der Waals surface area (Å²) in [6, 6.07) is 10.8. The van der Waals surface area contributed by atoms with Gasteiger partial charge < -0.3 is 10.2 Å². The summed E-state index contributed by atoms with van der Waals surface area (Å²) in [5.74, 6) is 0. The van der Waals surface area contributed by atoms with Gasteiger partial charge in [0, 0.05) is 40.8 Å². The summed E-state index contributed by atoms with van der Waals surface area (Å²) in [6.45, 7) is 5.38. The molecule has 2 aromatic rings. The number of fused-ring (bicyclic) bond motifs is 2. The van der Waals surface area contributed by atoms with E-state index in [9.17, 15) is 0 Å². The summed E-state index contributed by atoms with van der Waals surface area (Å²) in [4.78, 5) is 1.30. The molecule has 0 saturated heterocycles. The van der Waals surface area contributed by atoms with Crippen molar-refractivity contribution in [2.75, 3.05) is 12.8 Å². The molecule has 0 aliphatic carbocycles. The molecule has 2 N–H and O–H groups in total. The Hall–Kier alpha value is -2.24. The second kappa shape index (κ2) is 7.41. The van der Waals surface area contributed by atoms with Crippen LogP contribution in [0.5, 0.6) is 0 Å². The third kappa shape index (κ3) is 3.05. The van der Waals surface area contributed by atoms with E-state index in [4.69, 9.17) is 5.73 Å². The highest BCUT2D eigenvalue weighted by Crippen LogP contribution is 2.35. The molecule has 3 nitrogen and oxygen atoms in total. The van der Waals surface area contributed by atoms with Crippen LogP contribution in [0.4, 0.5) is 0 Å². The highest BCUT2D eigenvalue weighted by atomic mass is 32.2. The van der Waals surface area contributed by atoms with Crippen LogP contribution < -0.4 is 5.73 Å². The number of aryl methyl sites for hydroxylation is 1. The second-order valence-electron chi connectivity index (χ2n) is 7.00. The number of hydrogen-bond acceptors (Lipinski definition) is 2. The first-order chi connectivity index (χ1) is 13.2. The second-order valence-corrected chi connectivity index (χ2v) is 7.84. The molecule has 3 heterocycles. The molecule has 27 heavy (non-hydrogen) atoms. The van der Waals surface area contributed by atoms with Crippen LogP contribution in [0.2, 0.25) is 6.82 Å². The normalized spacial score (nSPS) is 15.6. The molecule has 2 aliphatic rings. The first-order valence-electron chi connectivity index (χ1n) is 9.42. The molecule has 0 bridgehead atoms. The van der Waals surface area contributed by atoms with E-state index in [2.05, 4.69) is 89.8 Å². The zero-order valence-electron chi connectivity index (χ0n) is 16.1. The summed E-state index contributed by atoms with van der Waals surface area (Å²) >= 11 is 1.78. The van der Waals surface area contributed by atoms with Crippen molar-refractivity contribution in [3.05, 3.63) is 70.7 Å². The fraction of sp³-hybridized carbons (Fsp3) is 0.227. The van der Waals surface area contributed by atoms with Crippen LogP contribution in [0.1, 0.15) is 28.9 Å². The van der Waals surface area contributed by atoms with Crippen molar-refractivity contribution in [3.8, 4) is 0 Å². The van der Waals surface area contributed by atoms with Crippen LogP contribution >= 0.6 is 11.8 Å². The van der Waals surface area contributed by atoms with Gasteiger partial charge in [0.25, 0.3) is 0 Å². The first kappa shape index (κ1) is 18.1. The number of nitrogens with two attached hydrogens (primary N) is 1. The lowest BCUT2D eigenvalue weighted by atomic mass is 9.74. The zero-order valence-corrected chi connectivity index (χ0v) is 17.0. The monoisotopic (exact) mass is 374 g/mol. The molecule has 0 saturated carbocycles. The van der Waals surface area contributed by atoms with E-state index in [0.717, 1.165) is 6.42 Å². The van der Waals surface area contributed by atoms with E-state index in [-0.39, 0.29) is 6.98 Å². The van der Waals surface area contributed by atoms with E-state index in [1.165, 1.54) is 38.7 Å². The van der Waals surface area contributed by atoms with Gasteiger partial charge in [-0.3, -0.25) is 4.49 Å². The molecular weight excluding hydrogens is 349 g/mol. The summed E-state index contributed by atoms with van der Waals surface area (Å²) in [5, 5.41) is 0. The Morgan fingerprint density at radius 1 is 1.26 bits per heavy atom. The van der Waals surface area contributed by atoms with Crippen molar-refractivity contribution < 1.29 is 4.49 Å². The third-order valence-corrected chi connectivity index (χ3v) is 6.19. The summed E-state index contributed by atoms with van der Waals surface area (Å²) in [7, 11) is 0. The van der Waals surface area contributed by atoms with Crippen LogP contribution in [-0.2, 0) is 0 Å². The Morgan fingerprint density at radius 2 is 2.07 bits per heavy atom. The number of rotatable bonds is 5. The highest BCUT2D eigenvalue weighted by Gasteiger charge is 2.41. The van der Waals surface area contributed by atoms with E-state index in [1.807, 2.05) is 0 Å². The van der Waals surface area contributed by atoms with E-state index >= 15 is 0 Å². The number of thioether (sulfide) groups is 1. The SMILES string of the molecule is CSc1ccccc1C=Cc1cc(C)c2n1B(C)[N+]1=CC=CC1=C2CCN. The predicted molar refractivity (Wildman–Crippen MR) is 119 cm³/mol. The Kier molecular flexibility index (Phi) is 4.98. The van der Waals surface area contributed by atoms with Gasteiger partial charge in [0.2, 0.25) is 0 Å². The van der Waals surface area contributed by atoms with Crippen LogP contribution in [0, 0.1) is 6.92 Å². The lowest BCUT2D eigenvalue weighted by Crippen LogP contribution is -2.39. The molecule has 2 aliphatic heterocycles. The third-order valence-electron chi connectivity index (χ3n) is 5.37. The fourth-order valence-electron chi connectivity index (χ4n) is 4.18. The van der Waals surface area contributed by atoms with Gasteiger partial charge in [-0.2, -0.15) is 0 Å². The van der Waals surface area contributed by atoms with E-state index < -0.39 is 0 Å². The van der Waals surface area contributed by atoms with Gasteiger partial charge in [0.1, 0.15) is 6.21 Å². The minimum absolute atomic E-state index is 0.246. The van der Waals surface area contributed by atoms with E-state index in [0.29, 0.717) is 6.54 Å². The average Bonchev–Trinajstić information content (AvgIpc) is 3.29. The molecule has 0 amide bonds. The van der Waals surface area contributed by atoms with Crippen molar-refractivity contribution in [1.29, 1.82) is 0 Å². The number of aromatic nitrogens is 1. The lowest BCUT2D eigenvalue weighted by Gasteiger charge is -2.22. The predicted octanol–water partition coefficient (Wildman–Crippen LogP) is 4.38. The Morgan fingerprint density at radius 3 is 2.85 bits per heavy atom. The molecular formula is C22H25BN3S+. The number of nitrogens with zero attached hydrogens (tertiary/aromatic N) is 2. The summed E-state index contributed by atoms with van der Waals surface area (Å²) in [5.41, 5.74) is 13.7. The van der Waals surface area contributed by atoms with Crippen molar-refractivity contribution >= 4 is 42.7 Å². The number of hydrogen-bond donors (Lipinski definition) is 1. The molecule has 0 spiro atoms. The summed E-state index contributed by atoms with van der Waals surface area (Å²) in [6.07, 6.45) is 14.0. The van der Waals surface area contributed by atoms with Crippen LogP contribution in [0.15, 0.2) is 53.1 Å². The number of allylic oxidation sites excluding steroid dienone is 2. The molecule has 0 fully saturated rings. The van der Waals surface area contributed by atoms with Gasteiger partial charge in [0.15, 0.2) is 5.70 Å². The number of benzene rings is 1. The minimum atomic E-state index is 0.246. The zero-order chi connectivity index (χ0) is 19.0. The Balaban J connectivity index is 1.82. The van der Waals surface area contributed by atoms with Crippen molar-refractivity contribution in [2.24, 2.45) is 5.73 Å². The van der Waals surface area contributed by atoms with Crippen LogP contribution in [-0.4, -0.2) is 35.0 Å². The topological polar surface area (TPSA) is 34.0 Å². The fourth-order valence-corrected chi connectivity index (χ4v) is 4.77. The van der Waals surface area contributed by atoms with Crippen molar-refractivity contribution in [2.45, 2.75) is 25.1 Å². The lowest BCUT2D eigenvalue weighted by molar-refractivity contribution is -0.317. The minimum Gasteiger partial charge on any atom is -0.330 e. The van der Waals surface area contributed by atoms with Gasteiger partial charge in [0.05, 0.1) is 0 Å². The first-order valence-corrected chi connectivity index (χ1v) is 10.6. The quantitative estimate of drug-likeness (QED) is 0.623. The highest BCUT2D eigenvalue weighted by molar-refractivity contribution is 7.98. The van der Waals surface area contributed by atoms with Gasteiger partial charge in [-0.05, 0) is 55.5 Å². The Labute approximate surface area is 166 Å². The molecule has 0 radical (unpaired) electrons. The average molecular weight is 374 g/mol. The van der Waals surface area contributed by atoms with Gasteiger partial charge in [-0.15, -0.1) is 11.8 Å². The molecule has 136 valence electrons. The Bertz CT molecular complexity index is 1010. The molecule has 1 aromatic carbocycles.